The zero-order chi connectivity index (χ0) is 17.5. The van der Waals surface area contributed by atoms with Crippen LogP contribution in [0.3, 0.4) is 0 Å². The molecule has 0 unspecified atom stereocenters. The van der Waals surface area contributed by atoms with E-state index in [-0.39, 0.29) is 18.2 Å². The molecule has 2 heterocycles. The quantitative estimate of drug-likeness (QED) is 0.827. The Kier molecular flexibility index (Phi) is 4.46. The van der Waals surface area contributed by atoms with E-state index in [2.05, 4.69) is 9.97 Å². The van der Waals surface area contributed by atoms with Crippen LogP contribution in [0.5, 0.6) is 0 Å². The lowest BCUT2D eigenvalue weighted by Gasteiger charge is -2.28. The molecule has 1 N–H and O–H groups in total. The highest BCUT2D eigenvalue weighted by molar-refractivity contribution is 7.90. The van der Waals surface area contributed by atoms with E-state index in [4.69, 9.17) is 11.6 Å². The topological polar surface area (TPSA) is 83.1 Å². The number of aromatic amines is 1. The molecule has 0 bridgehead atoms. The van der Waals surface area contributed by atoms with Gasteiger partial charge in [-0.2, -0.15) is 0 Å². The molecule has 1 aliphatic heterocycles. The molecule has 0 saturated heterocycles. The summed E-state index contributed by atoms with van der Waals surface area (Å²) in [4.78, 5) is 20.3. The molecule has 24 heavy (non-hydrogen) atoms. The monoisotopic (exact) mass is 371 g/mol. The summed E-state index contributed by atoms with van der Waals surface area (Å²) in [7, 11) is -3.61. The smallest absolute Gasteiger partial charge is 0.255 e. The normalized spacial score (nSPS) is 15.3. The van der Waals surface area contributed by atoms with Gasteiger partial charge in [-0.1, -0.05) is 17.7 Å². The van der Waals surface area contributed by atoms with Crippen LogP contribution in [-0.2, 0) is 29.3 Å². The standard InChI is InChI=1S/C15H15ClFN3O3S/c1-24(22,23)15-18-13-8-20(6-5-9(13)14(21)19-15)7-10-11(16)3-2-4-12(10)17/h2-4H,5-8H2,1H3,(H,18,19,21). The highest BCUT2D eigenvalue weighted by Gasteiger charge is 2.24. The number of hydrogen-bond acceptors (Lipinski definition) is 5. The Morgan fingerprint density at radius 1 is 1.42 bits per heavy atom. The first kappa shape index (κ1) is 17.1. The molecule has 0 saturated carbocycles. The summed E-state index contributed by atoms with van der Waals surface area (Å²) in [5.74, 6) is -0.399. The van der Waals surface area contributed by atoms with Crippen molar-refractivity contribution in [3.05, 3.63) is 56.2 Å². The summed E-state index contributed by atoms with van der Waals surface area (Å²) < 4.78 is 37.2. The zero-order valence-corrected chi connectivity index (χ0v) is 14.4. The van der Waals surface area contributed by atoms with Crippen molar-refractivity contribution in [1.82, 2.24) is 14.9 Å². The van der Waals surface area contributed by atoms with Gasteiger partial charge in [0.05, 0.1) is 5.69 Å². The molecule has 0 spiro atoms. The van der Waals surface area contributed by atoms with E-state index in [1.165, 1.54) is 12.1 Å². The molecule has 3 rings (SSSR count). The van der Waals surface area contributed by atoms with Gasteiger partial charge in [-0.15, -0.1) is 0 Å². The highest BCUT2D eigenvalue weighted by Crippen LogP contribution is 2.23. The molecule has 2 aromatic rings. The molecule has 6 nitrogen and oxygen atoms in total. The number of benzene rings is 1. The molecule has 0 aliphatic carbocycles. The van der Waals surface area contributed by atoms with Gasteiger partial charge in [-0.3, -0.25) is 14.7 Å². The fourth-order valence-corrected chi connectivity index (χ4v) is 3.47. The van der Waals surface area contributed by atoms with Gasteiger partial charge in [0, 0.05) is 42.0 Å². The van der Waals surface area contributed by atoms with Crippen LogP contribution in [0.4, 0.5) is 4.39 Å². The number of nitrogens with zero attached hydrogens (tertiary/aromatic N) is 2. The third-order valence-electron chi connectivity index (χ3n) is 3.93. The van der Waals surface area contributed by atoms with Crippen LogP contribution in [0.1, 0.15) is 16.8 Å². The van der Waals surface area contributed by atoms with E-state index in [9.17, 15) is 17.6 Å². The number of halogens is 2. The SMILES string of the molecule is CS(=O)(=O)c1nc2c(c(=O)[nH]1)CCN(Cc1c(F)cccc1Cl)C2. The molecule has 0 amide bonds. The van der Waals surface area contributed by atoms with Crippen molar-refractivity contribution >= 4 is 21.4 Å². The third-order valence-corrected chi connectivity index (χ3v) is 5.18. The Bertz CT molecular complexity index is 939. The Balaban J connectivity index is 1.92. The minimum Gasteiger partial charge on any atom is -0.297 e. The summed E-state index contributed by atoms with van der Waals surface area (Å²) >= 11 is 6.04. The van der Waals surface area contributed by atoms with E-state index >= 15 is 0 Å². The van der Waals surface area contributed by atoms with E-state index < -0.39 is 21.2 Å². The first-order valence-electron chi connectivity index (χ1n) is 7.23. The minimum atomic E-state index is -3.61. The van der Waals surface area contributed by atoms with Crippen molar-refractivity contribution in [3.63, 3.8) is 0 Å². The Hall–Kier alpha value is -1.77. The summed E-state index contributed by atoms with van der Waals surface area (Å²) in [6.07, 6.45) is 1.39. The molecule has 0 atom stereocenters. The van der Waals surface area contributed by atoms with Crippen molar-refractivity contribution in [1.29, 1.82) is 0 Å². The predicted octanol–water partition coefficient (Wildman–Crippen LogP) is 1.52. The lowest BCUT2D eigenvalue weighted by atomic mass is 10.1. The van der Waals surface area contributed by atoms with E-state index in [0.717, 1.165) is 6.26 Å². The van der Waals surface area contributed by atoms with Crippen LogP contribution in [0.25, 0.3) is 0 Å². The fourth-order valence-electron chi connectivity index (χ4n) is 2.69. The molecule has 0 radical (unpaired) electrons. The predicted molar refractivity (Wildman–Crippen MR) is 87.2 cm³/mol. The van der Waals surface area contributed by atoms with Crippen LogP contribution >= 0.6 is 11.6 Å². The summed E-state index contributed by atoms with van der Waals surface area (Å²) in [5, 5.41) is -0.0199. The number of aromatic nitrogens is 2. The first-order chi connectivity index (χ1) is 11.3. The van der Waals surface area contributed by atoms with Gasteiger partial charge in [0.1, 0.15) is 5.82 Å². The van der Waals surface area contributed by atoms with Crippen molar-refractivity contribution in [2.45, 2.75) is 24.7 Å². The lowest BCUT2D eigenvalue weighted by molar-refractivity contribution is 0.236. The molecule has 9 heteroatoms. The number of rotatable bonds is 3. The molecule has 128 valence electrons. The number of H-pyrrole nitrogens is 1. The second-order valence-electron chi connectivity index (χ2n) is 5.73. The van der Waals surface area contributed by atoms with Gasteiger partial charge >= 0.3 is 0 Å². The molecular weight excluding hydrogens is 357 g/mol. The minimum absolute atomic E-state index is 0.256. The maximum absolute atomic E-state index is 13.9. The fraction of sp³-hybridized carbons (Fsp3) is 0.333. The lowest BCUT2D eigenvalue weighted by Crippen LogP contribution is -2.36. The van der Waals surface area contributed by atoms with Crippen LogP contribution in [0.2, 0.25) is 5.02 Å². The third kappa shape index (κ3) is 3.35. The Morgan fingerprint density at radius 3 is 2.83 bits per heavy atom. The Labute approximate surface area is 143 Å². The average Bonchev–Trinajstić information content (AvgIpc) is 2.50. The van der Waals surface area contributed by atoms with E-state index in [1.54, 1.807) is 6.07 Å². The van der Waals surface area contributed by atoms with Crippen molar-refractivity contribution < 1.29 is 12.8 Å². The molecule has 1 aliphatic rings. The zero-order valence-electron chi connectivity index (χ0n) is 12.8. The van der Waals surface area contributed by atoms with Crippen LogP contribution < -0.4 is 5.56 Å². The van der Waals surface area contributed by atoms with Crippen LogP contribution in [0, 0.1) is 5.82 Å². The summed E-state index contributed by atoms with van der Waals surface area (Å²) in [6, 6.07) is 4.48. The van der Waals surface area contributed by atoms with Crippen molar-refractivity contribution in [3.8, 4) is 0 Å². The number of sulfone groups is 1. The van der Waals surface area contributed by atoms with Crippen molar-refractivity contribution in [2.75, 3.05) is 12.8 Å². The van der Waals surface area contributed by atoms with Gasteiger partial charge in [0.2, 0.25) is 15.0 Å². The molecule has 1 aromatic carbocycles. The van der Waals surface area contributed by atoms with Gasteiger partial charge in [-0.05, 0) is 18.6 Å². The van der Waals surface area contributed by atoms with Crippen LogP contribution in [-0.4, -0.2) is 36.1 Å². The van der Waals surface area contributed by atoms with Gasteiger partial charge < -0.3 is 0 Å². The second-order valence-corrected chi connectivity index (χ2v) is 8.07. The summed E-state index contributed by atoms with van der Waals surface area (Å²) in [5.41, 5.74) is 0.802. The largest absolute Gasteiger partial charge is 0.297 e. The summed E-state index contributed by atoms with van der Waals surface area (Å²) in [6.45, 7) is 1.04. The van der Waals surface area contributed by atoms with E-state index in [0.29, 0.717) is 34.8 Å². The average molecular weight is 372 g/mol. The van der Waals surface area contributed by atoms with Crippen LogP contribution in [0.15, 0.2) is 28.2 Å². The van der Waals surface area contributed by atoms with Gasteiger partial charge in [0.25, 0.3) is 5.56 Å². The highest BCUT2D eigenvalue weighted by atomic mass is 35.5. The number of nitrogens with one attached hydrogen (secondary N) is 1. The molecule has 0 fully saturated rings. The second kappa shape index (κ2) is 6.27. The van der Waals surface area contributed by atoms with E-state index in [1.807, 2.05) is 4.90 Å². The Morgan fingerprint density at radius 2 is 2.17 bits per heavy atom. The molecule has 1 aromatic heterocycles. The maximum atomic E-state index is 13.9. The maximum Gasteiger partial charge on any atom is 0.255 e. The number of hydrogen-bond donors (Lipinski definition) is 1. The first-order valence-corrected chi connectivity index (χ1v) is 9.50. The van der Waals surface area contributed by atoms with Gasteiger partial charge in [0.15, 0.2) is 0 Å². The van der Waals surface area contributed by atoms with Crippen molar-refractivity contribution in [2.24, 2.45) is 0 Å². The van der Waals surface area contributed by atoms with Gasteiger partial charge in [-0.25, -0.2) is 17.8 Å². The number of fused-ring (bicyclic) bond motifs is 1. The molecular formula is C15H15ClFN3O3S.